The van der Waals surface area contributed by atoms with Gasteiger partial charge in [0.2, 0.25) is 0 Å². The van der Waals surface area contributed by atoms with Crippen LogP contribution in [0, 0.1) is 6.92 Å². The predicted molar refractivity (Wildman–Crippen MR) is 70.7 cm³/mol. The van der Waals surface area contributed by atoms with Crippen LogP contribution in [0.2, 0.25) is 0 Å². The van der Waals surface area contributed by atoms with Gasteiger partial charge in [-0.15, -0.1) is 0 Å². The molecule has 5 heteroatoms. The van der Waals surface area contributed by atoms with E-state index in [1.165, 1.54) is 12.8 Å². The smallest absolute Gasteiger partial charge is 0.0897 e. The third-order valence-corrected chi connectivity index (χ3v) is 4.52. The van der Waals surface area contributed by atoms with Crippen LogP contribution in [0.15, 0.2) is 4.47 Å². The Hall–Kier alpha value is -0.390. The number of rotatable bonds is 4. The van der Waals surface area contributed by atoms with Gasteiger partial charge in [0.15, 0.2) is 0 Å². The summed E-state index contributed by atoms with van der Waals surface area (Å²) in [5.41, 5.74) is 8.22. The second-order valence-electron chi connectivity index (χ2n) is 5.03. The molecule has 0 aromatic carbocycles. The fourth-order valence-electron chi connectivity index (χ4n) is 2.41. The van der Waals surface area contributed by atoms with Gasteiger partial charge >= 0.3 is 0 Å². The van der Waals surface area contributed by atoms with Gasteiger partial charge in [-0.25, -0.2) is 0 Å². The topological polar surface area (TPSA) is 53.1 Å². The minimum Gasteiger partial charge on any atom is -0.373 e. The molecule has 1 aliphatic rings. The van der Waals surface area contributed by atoms with Crippen molar-refractivity contribution in [3.8, 4) is 0 Å². The number of aromatic nitrogens is 2. The maximum atomic E-state index is 6.25. The van der Waals surface area contributed by atoms with Gasteiger partial charge in [0.25, 0.3) is 0 Å². The third kappa shape index (κ3) is 2.89. The number of hydrogen-bond acceptors (Lipinski definition) is 3. The van der Waals surface area contributed by atoms with E-state index in [2.05, 4.69) is 21.0 Å². The first kappa shape index (κ1) is 13.1. The van der Waals surface area contributed by atoms with E-state index in [1.807, 2.05) is 18.7 Å². The van der Waals surface area contributed by atoms with Crippen molar-refractivity contribution >= 4 is 15.9 Å². The summed E-state index contributed by atoms with van der Waals surface area (Å²) in [6.45, 7) is 3.19. The molecule has 1 aromatic rings. The van der Waals surface area contributed by atoms with Gasteiger partial charge in [-0.2, -0.15) is 5.10 Å². The van der Waals surface area contributed by atoms with E-state index in [0.29, 0.717) is 13.2 Å². The molecule has 1 saturated carbocycles. The molecule has 1 fully saturated rings. The van der Waals surface area contributed by atoms with Gasteiger partial charge in [0.1, 0.15) is 0 Å². The van der Waals surface area contributed by atoms with Gasteiger partial charge in [0.05, 0.1) is 29.1 Å². The van der Waals surface area contributed by atoms with Gasteiger partial charge in [-0.05, 0) is 35.7 Å². The zero-order valence-electron chi connectivity index (χ0n) is 10.5. The molecule has 0 unspecified atom stereocenters. The summed E-state index contributed by atoms with van der Waals surface area (Å²) in [6, 6.07) is 0. The average molecular weight is 302 g/mol. The summed E-state index contributed by atoms with van der Waals surface area (Å²) in [5, 5.41) is 4.34. The first-order chi connectivity index (χ1) is 8.02. The number of nitrogens with zero attached hydrogens (tertiary/aromatic N) is 2. The summed E-state index contributed by atoms with van der Waals surface area (Å²) in [7, 11) is 1.93. The van der Waals surface area contributed by atoms with E-state index in [-0.39, 0.29) is 5.54 Å². The lowest BCUT2D eigenvalue weighted by Gasteiger charge is -2.23. The number of ether oxygens (including phenoxy) is 1. The lowest BCUT2D eigenvalue weighted by molar-refractivity contribution is 0.0710. The van der Waals surface area contributed by atoms with Crippen LogP contribution in [-0.2, 0) is 18.4 Å². The number of halogens is 1. The number of nitrogens with two attached hydrogens (primary N) is 1. The second-order valence-corrected chi connectivity index (χ2v) is 5.82. The van der Waals surface area contributed by atoms with Crippen molar-refractivity contribution < 1.29 is 4.74 Å². The summed E-state index contributed by atoms with van der Waals surface area (Å²) in [5.74, 6) is 0. The molecule has 1 aromatic heterocycles. The quantitative estimate of drug-likeness (QED) is 0.928. The Balaban J connectivity index is 1.89. The van der Waals surface area contributed by atoms with Crippen molar-refractivity contribution in [2.75, 3.05) is 6.61 Å². The summed E-state index contributed by atoms with van der Waals surface area (Å²) in [4.78, 5) is 0. The normalized spacial score (nSPS) is 18.8. The Morgan fingerprint density at radius 1 is 1.47 bits per heavy atom. The number of aryl methyl sites for hydroxylation is 2. The predicted octanol–water partition coefficient (Wildman–Crippen LogP) is 2.28. The van der Waals surface area contributed by atoms with Crippen LogP contribution in [0.5, 0.6) is 0 Å². The highest BCUT2D eigenvalue weighted by Gasteiger charge is 2.29. The van der Waals surface area contributed by atoms with Crippen LogP contribution in [0.4, 0.5) is 0 Å². The largest absolute Gasteiger partial charge is 0.373 e. The van der Waals surface area contributed by atoms with Crippen molar-refractivity contribution in [1.29, 1.82) is 0 Å². The van der Waals surface area contributed by atoms with Gasteiger partial charge < -0.3 is 10.5 Å². The minimum absolute atomic E-state index is 0.0971. The Kier molecular flexibility index (Phi) is 3.90. The van der Waals surface area contributed by atoms with Crippen LogP contribution >= 0.6 is 15.9 Å². The van der Waals surface area contributed by atoms with Crippen molar-refractivity contribution in [1.82, 2.24) is 9.78 Å². The molecule has 0 saturated heterocycles. The van der Waals surface area contributed by atoms with Gasteiger partial charge in [-0.3, -0.25) is 4.68 Å². The van der Waals surface area contributed by atoms with E-state index in [4.69, 9.17) is 10.5 Å². The molecule has 96 valence electrons. The SMILES string of the molecule is Cc1nn(C)c(COCC2(N)CCCC2)c1Br. The molecule has 17 heavy (non-hydrogen) atoms. The molecular weight excluding hydrogens is 282 g/mol. The molecular formula is C12H20BrN3O. The Bertz CT molecular complexity index is 397. The zero-order chi connectivity index (χ0) is 12.5. The maximum absolute atomic E-state index is 6.25. The van der Waals surface area contributed by atoms with Crippen LogP contribution in [-0.4, -0.2) is 21.9 Å². The van der Waals surface area contributed by atoms with Crippen molar-refractivity contribution in [2.24, 2.45) is 12.8 Å². The van der Waals surface area contributed by atoms with Gasteiger partial charge in [0, 0.05) is 12.6 Å². The summed E-state index contributed by atoms with van der Waals surface area (Å²) in [6.07, 6.45) is 4.62. The van der Waals surface area contributed by atoms with Gasteiger partial charge in [-0.1, -0.05) is 12.8 Å². The molecule has 0 spiro atoms. The van der Waals surface area contributed by atoms with Crippen molar-refractivity contribution in [3.05, 3.63) is 15.9 Å². The zero-order valence-corrected chi connectivity index (χ0v) is 12.1. The molecule has 0 radical (unpaired) electrons. The van der Waals surface area contributed by atoms with E-state index in [0.717, 1.165) is 28.7 Å². The standard InChI is InChI=1S/C12H20BrN3O/c1-9-11(13)10(16(2)15-9)7-17-8-12(14)5-3-4-6-12/h3-8,14H2,1-2H3. The lowest BCUT2D eigenvalue weighted by atomic mass is 10.0. The van der Waals surface area contributed by atoms with E-state index in [1.54, 1.807) is 0 Å². The van der Waals surface area contributed by atoms with E-state index < -0.39 is 0 Å². The highest BCUT2D eigenvalue weighted by molar-refractivity contribution is 9.10. The highest BCUT2D eigenvalue weighted by atomic mass is 79.9. The monoisotopic (exact) mass is 301 g/mol. The molecule has 1 aliphatic carbocycles. The number of hydrogen-bond donors (Lipinski definition) is 1. The average Bonchev–Trinajstić information content (AvgIpc) is 2.79. The maximum Gasteiger partial charge on any atom is 0.0897 e. The van der Waals surface area contributed by atoms with Crippen molar-refractivity contribution in [2.45, 2.75) is 44.8 Å². The molecule has 0 bridgehead atoms. The molecule has 0 atom stereocenters. The third-order valence-electron chi connectivity index (χ3n) is 3.49. The highest BCUT2D eigenvalue weighted by Crippen LogP contribution is 2.28. The first-order valence-electron chi connectivity index (χ1n) is 6.06. The summed E-state index contributed by atoms with van der Waals surface area (Å²) < 4.78 is 8.66. The Labute approximate surface area is 111 Å². The van der Waals surface area contributed by atoms with Crippen LogP contribution in [0.25, 0.3) is 0 Å². The molecule has 2 N–H and O–H groups in total. The first-order valence-corrected chi connectivity index (χ1v) is 6.86. The molecule has 4 nitrogen and oxygen atoms in total. The molecule has 1 heterocycles. The Morgan fingerprint density at radius 3 is 2.65 bits per heavy atom. The Morgan fingerprint density at radius 2 is 2.12 bits per heavy atom. The summed E-state index contributed by atoms with van der Waals surface area (Å²) >= 11 is 3.53. The fraction of sp³-hybridized carbons (Fsp3) is 0.750. The second kappa shape index (κ2) is 5.08. The van der Waals surface area contributed by atoms with E-state index >= 15 is 0 Å². The van der Waals surface area contributed by atoms with Crippen molar-refractivity contribution in [3.63, 3.8) is 0 Å². The fourth-order valence-corrected chi connectivity index (χ4v) is 2.86. The van der Waals surface area contributed by atoms with Crippen LogP contribution < -0.4 is 5.73 Å². The molecule has 0 aliphatic heterocycles. The van der Waals surface area contributed by atoms with Crippen LogP contribution in [0.3, 0.4) is 0 Å². The molecule has 0 amide bonds. The minimum atomic E-state index is -0.0971. The van der Waals surface area contributed by atoms with Crippen LogP contribution in [0.1, 0.15) is 37.1 Å². The molecule has 2 rings (SSSR count). The van der Waals surface area contributed by atoms with E-state index in [9.17, 15) is 0 Å². The lowest BCUT2D eigenvalue weighted by Crippen LogP contribution is -2.41.